The number of rotatable bonds is 8. The average Bonchev–Trinajstić information content (AvgIpc) is 3.57. The van der Waals surface area contributed by atoms with E-state index in [0.717, 1.165) is 4.90 Å². The molecule has 12 heteroatoms. The third-order valence-electron chi connectivity index (χ3n) is 7.21. The van der Waals surface area contributed by atoms with Gasteiger partial charge in [-0.05, 0) is 37.6 Å². The van der Waals surface area contributed by atoms with Crippen molar-refractivity contribution in [2.24, 2.45) is 0 Å². The van der Waals surface area contributed by atoms with Gasteiger partial charge in [0.15, 0.2) is 5.78 Å². The Balaban J connectivity index is 1.38. The molecule has 0 spiro atoms. The Morgan fingerprint density at radius 2 is 1.83 bits per heavy atom. The van der Waals surface area contributed by atoms with Gasteiger partial charge in [-0.3, -0.25) is 14.4 Å². The molecule has 0 aliphatic carbocycles. The van der Waals surface area contributed by atoms with E-state index in [1.54, 1.807) is 60.4 Å². The van der Waals surface area contributed by atoms with Gasteiger partial charge in [-0.1, -0.05) is 18.2 Å². The highest BCUT2D eigenvalue weighted by molar-refractivity contribution is 6.08. The molecule has 0 saturated carbocycles. The van der Waals surface area contributed by atoms with Gasteiger partial charge in [0.1, 0.15) is 24.7 Å². The van der Waals surface area contributed by atoms with Crippen LogP contribution in [0.25, 0.3) is 10.9 Å². The van der Waals surface area contributed by atoms with Gasteiger partial charge in [-0.2, -0.15) is 8.78 Å². The molecule has 1 fully saturated rings. The quantitative estimate of drug-likeness (QED) is 0.289. The summed E-state index contributed by atoms with van der Waals surface area (Å²) < 4.78 is 43.1. The number of ketones is 1. The lowest BCUT2D eigenvalue weighted by atomic mass is 10.1. The van der Waals surface area contributed by atoms with Gasteiger partial charge in [0.2, 0.25) is 11.8 Å². The molecule has 1 atom stereocenters. The second-order valence-electron chi connectivity index (χ2n) is 10.1. The summed E-state index contributed by atoms with van der Waals surface area (Å²) in [7, 11) is 0. The molecule has 0 radical (unpaired) electrons. The molecule has 2 aromatic carbocycles. The number of amides is 2. The summed E-state index contributed by atoms with van der Waals surface area (Å²) in [6.07, 6.45) is 3.85. The van der Waals surface area contributed by atoms with Gasteiger partial charge in [0.25, 0.3) is 6.08 Å². The van der Waals surface area contributed by atoms with E-state index in [9.17, 15) is 27.6 Å². The molecular weight excluding hydrogens is 549 g/mol. The summed E-state index contributed by atoms with van der Waals surface area (Å²) in [5.41, 5.74) is 2.60. The zero-order valence-corrected chi connectivity index (χ0v) is 22.8. The number of carbonyl (C=O) groups excluding carboxylic acids is 3. The molecule has 9 nitrogen and oxygen atoms in total. The Morgan fingerprint density at radius 1 is 1.07 bits per heavy atom. The van der Waals surface area contributed by atoms with Crippen molar-refractivity contribution in [1.82, 2.24) is 24.8 Å². The van der Waals surface area contributed by atoms with Crippen LogP contribution in [0.5, 0.6) is 0 Å². The minimum atomic E-state index is -1.94. The standard InChI is InChI=1S/C30H27F3N6O3/c1-17-4-3-5-19(28(17)31)10-36-30(42)26-8-20(29(32)33)13-39(26)27(41)15-38-14-24(18(2)40)23-9-21(6-7-25(23)38)37-22-11-34-16-35-12-22/h3-7,9,11-12,14,16,26,37H,8,10,13,15H2,1-2H3,(H,36,42)/t26-/m0/s1. The fourth-order valence-electron chi connectivity index (χ4n) is 5.06. The number of hydrogen-bond acceptors (Lipinski definition) is 6. The highest BCUT2D eigenvalue weighted by Crippen LogP contribution is 2.30. The van der Waals surface area contributed by atoms with E-state index in [1.165, 1.54) is 19.3 Å². The van der Waals surface area contributed by atoms with Gasteiger partial charge in [0, 0.05) is 59.0 Å². The molecule has 2 aromatic heterocycles. The Hall–Kier alpha value is -5.00. The van der Waals surface area contributed by atoms with Crippen LogP contribution in [0.2, 0.25) is 0 Å². The number of likely N-dealkylation sites (tertiary alicyclic amines) is 1. The topological polar surface area (TPSA) is 109 Å². The SMILES string of the molecule is CC(=O)c1cn(CC(=O)N2CC(=C(F)F)C[C@H]2C(=O)NCc2cccc(C)c2F)c2ccc(Nc3cncnc3)cc12. The van der Waals surface area contributed by atoms with E-state index in [2.05, 4.69) is 20.6 Å². The van der Waals surface area contributed by atoms with Crippen LogP contribution < -0.4 is 10.6 Å². The fourth-order valence-corrected chi connectivity index (χ4v) is 5.06. The molecule has 5 rings (SSSR count). The maximum Gasteiger partial charge on any atom is 0.271 e. The van der Waals surface area contributed by atoms with E-state index in [1.807, 2.05) is 0 Å². The Morgan fingerprint density at radius 3 is 2.55 bits per heavy atom. The van der Waals surface area contributed by atoms with Crippen molar-refractivity contribution in [3.8, 4) is 0 Å². The van der Waals surface area contributed by atoms with E-state index >= 15 is 0 Å². The minimum absolute atomic E-state index is 0.155. The Bertz CT molecular complexity index is 1720. The highest BCUT2D eigenvalue weighted by atomic mass is 19.3. The molecule has 216 valence electrons. The number of halogens is 3. The molecule has 2 amide bonds. The van der Waals surface area contributed by atoms with Crippen LogP contribution in [0.4, 0.5) is 24.5 Å². The first-order chi connectivity index (χ1) is 20.1. The van der Waals surface area contributed by atoms with Gasteiger partial charge in [-0.15, -0.1) is 0 Å². The van der Waals surface area contributed by atoms with E-state index in [4.69, 9.17) is 0 Å². The number of Topliss-reactive ketones (excluding diaryl/α,β-unsaturated/α-hetero) is 1. The minimum Gasteiger partial charge on any atom is -0.353 e. The number of nitrogens with one attached hydrogen (secondary N) is 2. The summed E-state index contributed by atoms with van der Waals surface area (Å²) in [5, 5.41) is 6.33. The summed E-state index contributed by atoms with van der Waals surface area (Å²) in [6.45, 7) is 2.14. The number of hydrogen-bond donors (Lipinski definition) is 2. The Labute approximate surface area is 239 Å². The lowest BCUT2D eigenvalue weighted by molar-refractivity contribution is -0.138. The highest BCUT2D eigenvalue weighted by Gasteiger charge is 2.38. The fraction of sp³-hybridized carbons (Fsp3) is 0.233. The summed E-state index contributed by atoms with van der Waals surface area (Å²) in [6, 6.07) is 8.82. The summed E-state index contributed by atoms with van der Waals surface area (Å²) in [4.78, 5) is 48.1. The van der Waals surface area contributed by atoms with E-state index < -0.39 is 36.3 Å². The lowest BCUT2D eigenvalue weighted by Crippen LogP contribution is -2.46. The predicted octanol–water partition coefficient (Wildman–Crippen LogP) is 4.89. The normalized spacial score (nSPS) is 14.7. The Kier molecular flexibility index (Phi) is 8.05. The molecule has 1 aliphatic rings. The lowest BCUT2D eigenvalue weighted by Gasteiger charge is -2.24. The molecule has 3 heterocycles. The van der Waals surface area contributed by atoms with Gasteiger partial charge in [0.05, 0.1) is 18.1 Å². The van der Waals surface area contributed by atoms with Crippen molar-refractivity contribution in [3.05, 3.63) is 95.5 Å². The van der Waals surface area contributed by atoms with Gasteiger partial charge >= 0.3 is 0 Å². The van der Waals surface area contributed by atoms with Crippen LogP contribution in [-0.4, -0.2) is 49.6 Å². The molecule has 1 saturated heterocycles. The third kappa shape index (κ3) is 5.87. The van der Waals surface area contributed by atoms with Gasteiger partial charge < -0.3 is 20.1 Å². The van der Waals surface area contributed by atoms with Crippen molar-refractivity contribution in [2.45, 2.75) is 39.4 Å². The predicted molar refractivity (Wildman–Crippen MR) is 150 cm³/mol. The van der Waals surface area contributed by atoms with Crippen LogP contribution in [0, 0.1) is 12.7 Å². The first kappa shape index (κ1) is 28.5. The van der Waals surface area contributed by atoms with Gasteiger partial charge in [-0.25, -0.2) is 14.4 Å². The molecular formula is C30H27F3N6O3. The smallest absolute Gasteiger partial charge is 0.271 e. The van der Waals surface area contributed by atoms with Crippen molar-refractivity contribution < 1.29 is 27.6 Å². The first-order valence-electron chi connectivity index (χ1n) is 13.1. The zero-order chi connectivity index (χ0) is 30.0. The summed E-state index contributed by atoms with van der Waals surface area (Å²) >= 11 is 0. The van der Waals surface area contributed by atoms with Crippen LogP contribution in [0.3, 0.4) is 0 Å². The molecule has 1 aliphatic heterocycles. The van der Waals surface area contributed by atoms with Crippen LogP contribution in [0.1, 0.15) is 34.8 Å². The van der Waals surface area contributed by atoms with Crippen molar-refractivity contribution >= 4 is 39.9 Å². The maximum absolute atomic E-state index is 14.4. The number of aromatic nitrogens is 3. The molecule has 2 N–H and O–H groups in total. The van der Waals surface area contributed by atoms with Crippen LogP contribution >= 0.6 is 0 Å². The first-order valence-corrected chi connectivity index (χ1v) is 13.1. The average molecular weight is 577 g/mol. The maximum atomic E-state index is 14.4. The number of fused-ring (bicyclic) bond motifs is 1. The largest absolute Gasteiger partial charge is 0.353 e. The second-order valence-corrected chi connectivity index (χ2v) is 10.1. The zero-order valence-electron chi connectivity index (χ0n) is 22.8. The van der Waals surface area contributed by atoms with Crippen molar-refractivity contribution in [3.63, 3.8) is 0 Å². The van der Waals surface area contributed by atoms with Crippen LogP contribution in [-0.2, 0) is 22.7 Å². The van der Waals surface area contributed by atoms with Crippen molar-refractivity contribution in [1.29, 1.82) is 0 Å². The third-order valence-corrected chi connectivity index (χ3v) is 7.21. The van der Waals surface area contributed by atoms with Crippen LogP contribution in [0.15, 0.2) is 73.0 Å². The molecule has 0 unspecified atom stereocenters. The second kappa shape index (κ2) is 11.9. The van der Waals surface area contributed by atoms with E-state index in [-0.39, 0.29) is 36.4 Å². The number of nitrogens with zero attached hydrogens (tertiary/aromatic N) is 4. The number of carbonyl (C=O) groups is 3. The number of aryl methyl sites for hydroxylation is 1. The molecule has 0 bridgehead atoms. The number of anilines is 2. The summed E-state index contributed by atoms with van der Waals surface area (Å²) in [5.74, 6) is -1.94. The van der Waals surface area contributed by atoms with Crippen molar-refractivity contribution in [2.75, 3.05) is 11.9 Å². The van der Waals surface area contributed by atoms with E-state index in [0.29, 0.717) is 33.4 Å². The number of benzene rings is 2. The molecule has 42 heavy (non-hydrogen) atoms. The molecule has 4 aromatic rings. The monoisotopic (exact) mass is 576 g/mol.